The minimum atomic E-state index is -0.274. The number of pyridine rings is 1. The van der Waals surface area contributed by atoms with Crippen LogP contribution in [0.3, 0.4) is 0 Å². The van der Waals surface area contributed by atoms with Gasteiger partial charge in [-0.05, 0) is 11.3 Å². The Kier molecular flexibility index (Phi) is 3.50. The number of hydrogen-bond donors (Lipinski definition) is 0. The lowest BCUT2D eigenvalue weighted by Crippen LogP contribution is -2.28. The molecule has 0 saturated heterocycles. The van der Waals surface area contributed by atoms with Crippen molar-refractivity contribution in [2.75, 3.05) is 0 Å². The second-order valence-electron chi connectivity index (χ2n) is 3.51. The molecule has 0 radical (unpaired) electrons. The average Bonchev–Trinajstić information content (AvgIpc) is 2.24. The van der Waals surface area contributed by atoms with Gasteiger partial charge < -0.3 is 0 Å². The number of nitrogens with zero attached hydrogens (tertiary/aromatic N) is 1. The highest BCUT2D eigenvalue weighted by atomic mass is 35.5. The quantitative estimate of drug-likeness (QED) is 0.407. The molecular formula is C11H7Cl4N. The minimum Gasteiger partial charge on any atom is -0.224 e. The Labute approximate surface area is 113 Å². The molecule has 0 aromatic carbocycles. The van der Waals surface area contributed by atoms with Crippen LogP contribution in [0.5, 0.6) is 0 Å². The second-order valence-corrected chi connectivity index (χ2v) is 5.18. The Morgan fingerprint density at radius 2 is 2.00 bits per heavy atom. The molecule has 0 bridgehead atoms. The van der Waals surface area contributed by atoms with Crippen molar-refractivity contribution in [2.45, 2.75) is 11.8 Å². The summed E-state index contributed by atoms with van der Waals surface area (Å²) in [4.78, 5) is 3.96. The first-order valence-corrected chi connectivity index (χ1v) is 6.10. The first kappa shape index (κ1) is 12.3. The Morgan fingerprint density at radius 3 is 2.69 bits per heavy atom. The lowest BCUT2D eigenvalue weighted by atomic mass is 10.1. The van der Waals surface area contributed by atoms with Crippen molar-refractivity contribution >= 4 is 57.5 Å². The Morgan fingerprint density at radius 1 is 1.31 bits per heavy atom. The maximum absolute atomic E-state index is 6.18. The number of allylic oxidation sites excluding steroid dienone is 1. The number of halogens is 4. The zero-order valence-corrected chi connectivity index (χ0v) is 11.1. The number of rotatable bonds is 0. The molecule has 5 heteroatoms. The van der Waals surface area contributed by atoms with Gasteiger partial charge in [0.2, 0.25) is 0 Å². The van der Waals surface area contributed by atoms with Crippen molar-refractivity contribution in [3.63, 3.8) is 0 Å². The molecule has 84 valence electrons. The van der Waals surface area contributed by atoms with Crippen LogP contribution >= 0.6 is 46.4 Å². The summed E-state index contributed by atoms with van der Waals surface area (Å²) in [6, 6.07) is 1.69. The molecule has 1 aromatic heterocycles. The Balaban J connectivity index is 2.90. The van der Waals surface area contributed by atoms with Gasteiger partial charge in [-0.1, -0.05) is 53.0 Å². The summed E-state index contributed by atoms with van der Waals surface area (Å²) in [6.07, 6.45) is 2.33. The lowest BCUT2D eigenvalue weighted by molar-refractivity contribution is 1.20. The van der Waals surface area contributed by atoms with Crippen LogP contribution in [0.1, 0.15) is 6.42 Å². The number of hydrogen-bond acceptors (Lipinski definition) is 1. The van der Waals surface area contributed by atoms with Gasteiger partial charge in [0.05, 0.1) is 5.38 Å². The fourth-order valence-corrected chi connectivity index (χ4v) is 2.75. The van der Waals surface area contributed by atoms with E-state index in [1.807, 2.05) is 6.08 Å². The molecule has 1 aliphatic rings. The minimum absolute atomic E-state index is 0.274. The van der Waals surface area contributed by atoms with Gasteiger partial charge in [-0.15, -0.1) is 11.6 Å². The summed E-state index contributed by atoms with van der Waals surface area (Å²) in [5.41, 5.74) is 0.829. The van der Waals surface area contributed by atoms with E-state index < -0.39 is 0 Å². The zero-order valence-electron chi connectivity index (χ0n) is 8.11. The highest BCUT2D eigenvalue weighted by Crippen LogP contribution is 2.23. The molecule has 0 spiro atoms. The first-order valence-electron chi connectivity index (χ1n) is 4.53. The van der Waals surface area contributed by atoms with Gasteiger partial charge in [0, 0.05) is 16.7 Å². The predicted molar refractivity (Wildman–Crippen MR) is 70.6 cm³/mol. The standard InChI is InChI=1S/C11H7Cl4N/c1-5-2-8(13)10-6(3-7(5)12)4-9(14)16-11(10)15/h3-4,7H,1-2H2. The van der Waals surface area contributed by atoms with Crippen molar-refractivity contribution in [1.29, 1.82) is 0 Å². The van der Waals surface area contributed by atoms with Crippen LogP contribution in [0.15, 0.2) is 18.2 Å². The first-order chi connectivity index (χ1) is 7.49. The van der Waals surface area contributed by atoms with Crippen molar-refractivity contribution in [1.82, 2.24) is 4.98 Å². The molecule has 0 aliphatic heterocycles. The van der Waals surface area contributed by atoms with E-state index in [9.17, 15) is 0 Å². The highest BCUT2D eigenvalue weighted by molar-refractivity contribution is 6.46. The molecule has 1 atom stereocenters. The van der Waals surface area contributed by atoms with Crippen LogP contribution in [-0.2, 0) is 0 Å². The normalized spacial score (nSPS) is 20.1. The Bertz CT molecular complexity index is 576. The van der Waals surface area contributed by atoms with Crippen LogP contribution in [0.2, 0.25) is 10.3 Å². The van der Waals surface area contributed by atoms with Crippen LogP contribution in [0, 0.1) is 0 Å². The number of alkyl halides is 1. The zero-order chi connectivity index (χ0) is 11.9. The van der Waals surface area contributed by atoms with E-state index in [-0.39, 0.29) is 5.38 Å². The molecule has 2 rings (SSSR count). The van der Waals surface area contributed by atoms with E-state index in [4.69, 9.17) is 46.4 Å². The van der Waals surface area contributed by atoms with E-state index in [0.717, 1.165) is 10.8 Å². The van der Waals surface area contributed by atoms with E-state index in [1.165, 1.54) is 0 Å². The SMILES string of the molecule is C=C1CC(Cl)=c2c(Cl)nc(Cl)cc2=CC1Cl. The van der Waals surface area contributed by atoms with Crippen LogP contribution in [0.25, 0.3) is 11.1 Å². The lowest BCUT2D eigenvalue weighted by Gasteiger charge is -2.04. The van der Waals surface area contributed by atoms with Gasteiger partial charge in [-0.2, -0.15) is 0 Å². The van der Waals surface area contributed by atoms with Gasteiger partial charge in [0.1, 0.15) is 10.3 Å². The summed E-state index contributed by atoms with van der Waals surface area (Å²) in [5, 5.41) is 2.42. The number of aromatic nitrogens is 1. The molecule has 0 fully saturated rings. The summed E-state index contributed by atoms with van der Waals surface area (Å²) < 4.78 is 0. The van der Waals surface area contributed by atoms with Gasteiger partial charge >= 0.3 is 0 Å². The van der Waals surface area contributed by atoms with E-state index in [1.54, 1.807) is 6.07 Å². The summed E-state index contributed by atoms with van der Waals surface area (Å²) >= 11 is 24.2. The van der Waals surface area contributed by atoms with E-state index in [0.29, 0.717) is 27.0 Å². The van der Waals surface area contributed by atoms with Crippen LogP contribution < -0.4 is 10.4 Å². The van der Waals surface area contributed by atoms with Crippen LogP contribution in [0.4, 0.5) is 0 Å². The van der Waals surface area contributed by atoms with E-state index >= 15 is 0 Å². The third kappa shape index (κ3) is 2.23. The number of fused-ring (bicyclic) bond motifs is 1. The highest BCUT2D eigenvalue weighted by Gasteiger charge is 2.14. The van der Waals surface area contributed by atoms with Gasteiger partial charge in [0.25, 0.3) is 0 Å². The van der Waals surface area contributed by atoms with Gasteiger partial charge in [0.15, 0.2) is 0 Å². The third-order valence-electron chi connectivity index (χ3n) is 2.34. The molecule has 1 unspecified atom stereocenters. The second kappa shape index (κ2) is 4.58. The third-order valence-corrected chi connectivity index (χ3v) is 3.57. The largest absolute Gasteiger partial charge is 0.224 e. The molecule has 16 heavy (non-hydrogen) atoms. The molecule has 1 aliphatic carbocycles. The molecular weight excluding hydrogens is 288 g/mol. The van der Waals surface area contributed by atoms with Crippen molar-refractivity contribution in [3.8, 4) is 0 Å². The monoisotopic (exact) mass is 293 g/mol. The molecule has 1 nitrogen and oxygen atoms in total. The van der Waals surface area contributed by atoms with E-state index in [2.05, 4.69) is 11.6 Å². The summed E-state index contributed by atoms with van der Waals surface area (Å²) in [7, 11) is 0. The predicted octanol–water partition coefficient (Wildman–Crippen LogP) is 3.08. The topological polar surface area (TPSA) is 12.9 Å². The summed E-state index contributed by atoms with van der Waals surface area (Å²) in [6.45, 7) is 3.88. The summed E-state index contributed by atoms with van der Waals surface area (Å²) in [5.74, 6) is 0. The maximum atomic E-state index is 6.18. The molecule has 1 heterocycles. The smallest absolute Gasteiger partial charge is 0.139 e. The molecule has 0 N–H and O–H groups in total. The molecule has 0 amide bonds. The maximum Gasteiger partial charge on any atom is 0.139 e. The van der Waals surface area contributed by atoms with Gasteiger partial charge in [-0.3, -0.25) is 0 Å². The fourth-order valence-electron chi connectivity index (χ4n) is 1.56. The van der Waals surface area contributed by atoms with Gasteiger partial charge in [-0.25, -0.2) is 4.98 Å². The molecule has 1 aromatic rings. The Hall–Kier alpha value is -0.210. The molecule has 0 saturated carbocycles. The van der Waals surface area contributed by atoms with Crippen molar-refractivity contribution in [3.05, 3.63) is 39.0 Å². The van der Waals surface area contributed by atoms with Crippen molar-refractivity contribution in [2.24, 2.45) is 0 Å². The van der Waals surface area contributed by atoms with Crippen LogP contribution in [-0.4, -0.2) is 10.4 Å². The average molecular weight is 295 g/mol. The fraction of sp³-hybridized carbons (Fsp3) is 0.182. The van der Waals surface area contributed by atoms with Crippen molar-refractivity contribution < 1.29 is 0 Å².